The number of hydrogen-bond acceptors (Lipinski definition) is 5. The van der Waals surface area contributed by atoms with Crippen LogP contribution in [-0.4, -0.2) is 38.7 Å². The highest BCUT2D eigenvalue weighted by Crippen LogP contribution is 2.20. The van der Waals surface area contributed by atoms with Crippen LogP contribution in [0.3, 0.4) is 0 Å². The van der Waals surface area contributed by atoms with Gasteiger partial charge in [-0.3, -0.25) is 10.1 Å². The Morgan fingerprint density at radius 3 is 2.75 bits per heavy atom. The SMILES string of the molecule is COc1cccc(N(CCCN)CC(=O)NC(N)=O)c1. The number of carbonyl (C=O) groups excluding carboxylic acids is 2. The van der Waals surface area contributed by atoms with Crippen LogP contribution < -0.4 is 26.4 Å². The van der Waals surface area contributed by atoms with Gasteiger partial charge in [0, 0.05) is 18.3 Å². The average molecular weight is 280 g/mol. The number of methoxy groups -OCH3 is 1. The van der Waals surface area contributed by atoms with Crippen LogP contribution in [0, 0.1) is 0 Å². The van der Waals surface area contributed by atoms with Gasteiger partial charge in [-0.05, 0) is 25.1 Å². The highest BCUT2D eigenvalue weighted by Gasteiger charge is 2.13. The number of imide groups is 1. The molecule has 0 aliphatic heterocycles. The molecule has 20 heavy (non-hydrogen) atoms. The van der Waals surface area contributed by atoms with E-state index >= 15 is 0 Å². The molecule has 3 amide bonds. The molecule has 1 rings (SSSR count). The maximum Gasteiger partial charge on any atom is 0.318 e. The van der Waals surface area contributed by atoms with Gasteiger partial charge in [0.25, 0.3) is 0 Å². The van der Waals surface area contributed by atoms with E-state index in [4.69, 9.17) is 16.2 Å². The zero-order chi connectivity index (χ0) is 15.0. The van der Waals surface area contributed by atoms with Gasteiger partial charge >= 0.3 is 6.03 Å². The van der Waals surface area contributed by atoms with E-state index in [0.717, 1.165) is 12.1 Å². The first-order chi connectivity index (χ1) is 9.56. The zero-order valence-corrected chi connectivity index (χ0v) is 11.5. The van der Waals surface area contributed by atoms with Gasteiger partial charge in [0.2, 0.25) is 5.91 Å². The van der Waals surface area contributed by atoms with E-state index in [1.165, 1.54) is 0 Å². The number of urea groups is 1. The van der Waals surface area contributed by atoms with Crippen LogP contribution in [0.2, 0.25) is 0 Å². The fraction of sp³-hybridized carbons (Fsp3) is 0.385. The van der Waals surface area contributed by atoms with Crippen molar-refractivity contribution in [2.75, 3.05) is 31.6 Å². The topological polar surface area (TPSA) is 111 Å². The summed E-state index contributed by atoms with van der Waals surface area (Å²) < 4.78 is 5.15. The quantitative estimate of drug-likeness (QED) is 0.653. The monoisotopic (exact) mass is 280 g/mol. The summed E-state index contributed by atoms with van der Waals surface area (Å²) in [5, 5.41) is 2.04. The molecule has 0 saturated carbocycles. The van der Waals surface area contributed by atoms with Gasteiger partial charge in [-0.15, -0.1) is 0 Å². The maximum atomic E-state index is 11.6. The Morgan fingerprint density at radius 1 is 1.40 bits per heavy atom. The van der Waals surface area contributed by atoms with E-state index in [1.807, 2.05) is 34.5 Å². The molecule has 5 N–H and O–H groups in total. The highest BCUT2D eigenvalue weighted by molar-refractivity contribution is 5.95. The van der Waals surface area contributed by atoms with E-state index in [9.17, 15) is 9.59 Å². The second kappa shape index (κ2) is 8.00. The number of primary amides is 1. The normalized spacial score (nSPS) is 9.90. The van der Waals surface area contributed by atoms with Crippen LogP contribution in [0.5, 0.6) is 5.75 Å². The zero-order valence-electron chi connectivity index (χ0n) is 11.5. The van der Waals surface area contributed by atoms with Crippen molar-refractivity contribution in [3.8, 4) is 5.75 Å². The van der Waals surface area contributed by atoms with Crippen LogP contribution in [0.25, 0.3) is 0 Å². The van der Waals surface area contributed by atoms with Crippen LogP contribution in [-0.2, 0) is 4.79 Å². The minimum absolute atomic E-state index is 0.0239. The number of nitrogens with one attached hydrogen (secondary N) is 1. The number of amides is 3. The molecule has 0 aliphatic carbocycles. The molecule has 0 atom stereocenters. The fourth-order valence-electron chi connectivity index (χ4n) is 1.74. The summed E-state index contributed by atoms with van der Waals surface area (Å²) in [5.74, 6) is 0.230. The van der Waals surface area contributed by atoms with Gasteiger partial charge in [0.1, 0.15) is 5.75 Å². The van der Waals surface area contributed by atoms with Crippen molar-refractivity contribution in [2.24, 2.45) is 11.5 Å². The Kier molecular flexibility index (Phi) is 6.31. The number of anilines is 1. The maximum absolute atomic E-state index is 11.6. The standard InChI is InChI=1S/C13H20N4O3/c1-20-11-5-2-4-10(8-11)17(7-3-6-14)9-12(18)16-13(15)19/h2,4-5,8H,3,6-7,9,14H2,1H3,(H3,15,16,18,19). The van der Waals surface area contributed by atoms with Crippen molar-refractivity contribution in [2.45, 2.75) is 6.42 Å². The molecule has 0 aliphatic rings. The second-order valence-corrected chi connectivity index (χ2v) is 4.18. The molecule has 7 heteroatoms. The predicted molar refractivity (Wildman–Crippen MR) is 76.6 cm³/mol. The number of benzene rings is 1. The second-order valence-electron chi connectivity index (χ2n) is 4.18. The fourth-order valence-corrected chi connectivity index (χ4v) is 1.74. The molecule has 0 bridgehead atoms. The molecular weight excluding hydrogens is 260 g/mol. The van der Waals surface area contributed by atoms with Crippen LogP contribution >= 0.6 is 0 Å². The van der Waals surface area contributed by atoms with E-state index in [1.54, 1.807) is 7.11 Å². The lowest BCUT2D eigenvalue weighted by Crippen LogP contribution is -2.43. The van der Waals surface area contributed by atoms with E-state index in [2.05, 4.69) is 0 Å². The van der Waals surface area contributed by atoms with Gasteiger partial charge in [-0.2, -0.15) is 0 Å². The van der Waals surface area contributed by atoms with Crippen molar-refractivity contribution < 1.29 is 14.3 Å². The van der Waals surface area contributed by atoms with Crippen molar-refractivity contribution in [1.29, 1.82) is 0 Å². The number of nitrogens with zero attached hydrogens (tertiary/aromatic N) is 1. The Hall–Kier alpha value is -2.28. The smallest absolute Gasteiger partial charge is 0.318 e. The molecule has 7 nitrogen and oxygen atoms in total. The summed E-state index contributed by atoms with van der Waals surface area (Å²) in [6.45, 7) is 1.13. The number of nitrogens with two attached hydrogens (primary N) is 2. The largest absolute Gasteiger partial charge is 0.497 e. The van der Waals surface area contributed by atoms with Gasteiger partial charge in [0.05, 0.1) is 13.7 Å². The summed E-state index contributed by atoms with van der Waals surface area (Å²) in [6.07, 6.45) is 0.723. The third-order valence-corrected chi connectivity index (χ3v) is 2.65. The molecule has 0 fully saturated rings. The molecule has 0 heterocycles. The lowest BCUT2D eigenvalue weighted by atomic mass is 10.2. The van der Waals surface area contributed by atoms with Gasteiger partial charge in [-0.25, -0.2) is 4.79 Å². The molecule has 0 radical (unpaired) electrons. The third-order valence-electron chi connectivity index (χ3n) is 2.65. The first-order valence-electron chi connectivity index (χ1n) is 6.25. The van der Waals surface area contributed by atoms with Crippen LogP contribution in [0.4, 0.5) is 10.5 Å². The van der Waals surface area contributed by atoms with Gasteiger partial charge < -0.3 is 21.1 Å². The van der Waals surface area contributed by atoms with Crippen LogP contribution in [0.15, 0.2) is 24.3 Å². The number of hydrogen-bond donors (Lipinski definition) is 3. The van der Waals surface area contributed by atoms with Crippen molar-refractivity contribution >= 4 is 17.6 Å². The van der Waals surface area contributed by atoms with Crippen LogP contribution in [0.1, 0.15) is 6.42 Å². The molecule has 0 saturated heterocycles. The van der Waals surface area contributed by atoms with E-state index < -0.39 is 11.9 Å². The molecule has 0 spiro atoms. The van der Waals surface area contributed by atoms with Gasteiger partial charge in [-0.1, -0.05) is 6.07 Å². The summed E-state index contributed by atoms with van der Waals surface area (Å²) >= 11 is 0. The molecular formula is C13H20N4O3. The summed E-state index contributed by atoms with van der Waals surface area (Å²) in [6, 6.07) is 6.45. The Bertz CT molecular complexity index is 465. The van der Waals surface area contributed by atoms with E-state index in [0.29, 0.717) is 18.8 Å². The van der Waals surface area contributed by atoms with Crippen molar-refractivity contribution in [1.82, 2.24) is 5.32 Å². The molecule has 1 aromatic carbocycles. The minimum Gasteiger partial charge on any atom is -0.497 e. The highest BCUT2D eigenvalue weighted by atomic mass is 16.5. The average Bonchev–Trinajstić information content (AvgIpc) is 2.42. The Balaban J connectivity index is 2.81. The van der Waals surface area contributed by atoms with Crippen molar-refractivity contribution in [3.63, 3.8) is 0 Å². The lowest BCUT2D eigenvalue weighted by Gasteiger charge is -2.24. The number of ether oxygens (including phenoxy) is 1. The first kappa shape index (κ1) is 15.8. The molecule has 1 aromatic rings. The van der Waals surface area contributed by atoms with E-state index in [-0.39, 0.29) is 6.54 Å². The summed E-state index contributed by atoms with van der Waals surface area (Å²) in [7, 11) is 1.57. The Labute approximate surface area is 117 Å². The molecule has 0 aromatic heterocycles. The first-order valence-corrected chi connectivity index (χ1v) is 6.25. The third kappa shape index (κ3) is 5.15. The van der Waals surface area contributed by atoms with Crippen molar-refractivity contribution in [3.05, 3.63) is 24.3 Å². The summed E-state index contributed by atoms with van der Waals surface area (Å²) in [5.41, 5.74) is 11.2. The molecule has 110 valence electrons. The Morgan fingerprint density at radius 2 is 2.15 bits per heavy atom. The number of carbonyl (C=O) groups is 2. The minimum atomic E-state index is -0.862. The lowest BCUT2D eigenvalue weighted by molar-refractivity contribution is -0.118. The summed E-state index contributed by atoms with van der Waals surface area (Å²) in [4.78, 5) is 24.1. The predicted octanol–water partition coefficient (Wildman–Crippen LogP) is 0.0453. The molecule has 0 unspecified atom stereocenters. The van der Waals surface area contributed by atoms with Gasteiger partial charge in [0.15, 0.2) is 0 Å². The number of rotatable bonds is 7.